The Balaban J connectivity index is 1.93. The molecule has 2 heterocycles. The fourth-order valence-corrected chi connectivity index (χ4v) is 4.16. The molecule has 0 aromatic heterocycles. The Kier molecular flexibility index (Phi) is 6.56. The van der Waals surface area contributed by atoms with Gasteiger partial charge in [-0.15, -0.1) is 0 Å². The van der Waals surface area contributed by atoms with E-state index in [4.69, 9.17) is 9.47 Å². The summed E-state index contributed by atoms with van der Waals surface area (Å²) < 4.78 is 11.2. The average Bonchev–Trinajstić information content (AvgIpc) is 2.66. The molecule has 0 radical (unpaired) electrons. The Morgan fingerprint density at radius 3 is 2.40 bits per heavy atom. The van der Waals surface area contributed by atoms with E-state index in [1.54, 1.807) is 11.8 Å². The molecule has 2 aliphatic heterocycles. The summed E-state index contributed by atoms with van der Waals surface area (Å²) in [6.45, 7) is 10.9. The maximum Gasteiger partial charge on any atom is 0.410 e. The minimum absolute atomic E-state index is 0.00835. The Bertz CT molecular complexity index is 823. The van der Waals surface area contributed by atoms with E-state index in [2.05, 4.69) is 43.1 Å². The second-order valence-electron chi connectivity index (χ2n) is 9.31. The minimum Gasteiger partial charge on any atom is -0.461 e. The molecule has 2 aliphatic rings. The van der Waals surface area contributed by atoms with Crippen molar-refractivity contribution in [2.24, 2.45) is 0 Å². The largest absolute Gasteiger partial charge is 0.461 e. The summed E-state index contributed by atoms with van der Waals surface area (Å²) in [4.78, 5) is 28.7. The molecule has 2 unspecified atom stereocenters. The third-order valence-corrected chi connectivity index (χ3v) is 5.85. The van der Waals surface area contributed by atoms with Crippen LogP contribution in [0.3, 0.4) is 0 Å². The molecule has 164 valence electrons. The lowest BCUT2D eigenvalue weighted by Gasteiger charge is -2.49. The van der Waals surface area contributed by atoms with Gasteiger partial charge in [0.15, 0.2) is 0 Å². The SMILES string of the molecule is CCC(=O)OCC1=C(c2ccc(C)cc2)CC2CN(C(=O)OC(C)(C)C)CC1N2C. The molecule has 0 saturated carbocycles. The van der Waals surface area contributed by atoms with Gasteiger partial charge in [-0.1, -0.05) is 36.8 Å². The first-order valence-corrected chi connectivity index (χ1v) is 10.7. The van der Waals surface area contributed by atoms with Gasteiger partial charge in [0.05, 0.1) is 6.04 Å². The van der Waals surface area contributed by atoms with Crippen molar-refractivity contribution in [1.29, 1.82) is 0 Å². The molecule has 1 amide bonds. The van der Waals surface area contributed by atoms with Crippen LogP contribution in [0.15, 0.2) is 29.8 Å². The first kappa shape index (κ1) is 22.3. The molecule has 6 nitrogen and oxygen atoms in total. The van der Waals surface area contributed by atoms with E-state index >= 15 is 0 Å². The highest BCUT2D eigenvalue weighted by molar-refractivity contribution is 5.75. The lowest BCUT2D eigenvalue weighted by molar-refractivity contribution is -0.142. The fraction of sp³-hybridized carbons (Fsp3) is 0.583. The van der Waals surface area contributed by atoms with Crippen LogP contribution in [0.5, 0.6) is 0 Å². The van der Waals surface area contributed by atoms with Crippen LogP contribution in [-0.2, 0) is 14.3 Å². The van der Waals surface area contributed by atoms with Gasteiger partial charge < -0.3 is 14.4 Å². The number of hydrogen-bond acceptors (Lipinski definition) is 5. The number of likely N-dealkylation sites (N-methyl/N-ethyl adjacent to an activating group) is 1. The molecule has 2 atom stereocenters. The summed E-state index contributed by atoms with van der Waals surface area (Å²) in [7, 11) is 2.09. The van der Waals surface area contributed by atoms with Crippen LogP contribution >= 0.6 is 0 Å². The highest BCUT2D eigenvalue weighted by Gasteiger charge is 2.42. The summed E-state index contributed by atoms with van der Waals surface area (Å²) in [6.07, 6.45) is 0.864. The number of piperazine rings is 1. The van der Waals surface area contributed by atoms with Gasteiger partial charge in [0.25, 0.3) is 0 Å². The highest BCUT2D eigenvalue weighted by atomic mass is 16.6. The molecule has 1 aromatic rings. The van der Waals surface area contributed by atoms with Crippen molar-refractivity contribution in [2.75, 3.05) is 26.7 Å². The predicted octanol–water partition coefficient (Wildman–Crippen LogP) is 4.03. The number of amides is 1. The fourth-order valence-electron chi connectivity index (χ4n) is 4.16. The third-order valence-electron chi connectivity index (χ3n) is 5.85. The summed E-state index contributed by atoms with van der Waals surface area (Å²) in [5.74, 6) is -0.213. The molecule has 0 spiro atoms. The van der Waals surface area contributed by atoms with Gasteiger partial charge >= 0.3 is 12.1 Å². The molecule has 30 heavy (non-hydrogen) atoms. The number of benzene rings is 1. The lowest BCUT2D eigenvalue weighted by Crippen LogP contribution is -2.61. The Morgan fingerprint density at radius 1 is 1.13 bits per heavy atom. The van der Waals surface area contributed by atoms with E-state index in [-0.39, 0.29) is 30.8 Å². The molecule has 0 N–H and O–H groups in total. The number of carbonyl (C=O) groups is 2. The summed E-state index contributed by atoms with van der Waals surface area (Å²) in [6, 6.07) is 8.68. The average molecular weight is 415 g/mol. The van der Waals surface area contributed by atoms with Crippen molar-refractivity contribution in [3.05, 3.63) is 41.0 Å². The number of hydrogen-bond donors (Lipinski definition) is 0. The lowest BCUT2D eigenvalue weighted by atomic mass is 9.82. The second kappa shape index (κ2) is 8.80. The van der Waals surface area contributed by atoms with Crippen molar-refractivity contribution in [3.63, 3.8) is 0 Å². The van der Waals surface area contributed by atoms with Crippen LogP contribution in [-0.4, -0.2) is 66.3 Å². The van der Waals surface area contributed by atoms with Crippen molar-refractivity contribution in [1.82, 2.24) is 9.80 Å². The predicted molar refractivity (Wildman–Crippen MR) is 117 cm³/mol. The zero-order valence-corrected chi connectivity index (χ0v) is 19.0. The van der Waals surface area contributed by atoms with E-state index in [1.807, 2.05) is 20.8 Å². The summed E-state index contributed by atoms with van der Waals surface area (Å²) in [5.41, 5.74) is 4.15. The maximum absolute atomic E-state index is 12.7. The summed E-state index contributed by atoms with van der Waals surface area (Å²) >= 11 is 0. The molecular weight excluding hydrogens is 380 g/mol. The number of fused-ring (bicyclic) bond motifs is 2. The number of esters is 1. The van der Waals surface area contributed by atoms with E-state index in [1.165, 1.54) is 11.1 Å². The van der Waals surface area contributed by atoms with Crippen molar-refractivity contribution in [2.45, 2.75) is 65.1 Å². The maximum atomic E-state index is 12.7. The van der Waals surface area contributed by atoms with Crippen molar-refractivity contribution < 1.29 is 19.1 Å². The van der Waals surface area contributed by atoms with E-state index in [0.717, 1.165) is 17.6 Å². The second-order valence-corrected chi connectivity index (χ2v) is 9.31. The van der Waals surface area contributed by atoms with Gasteiger partial charge in [-0.05, 0) is 57.9 Å². The Morgan fingerprint density at radius 2 is 1.80 bits per heavy atom. The van der Waals surface area contributed by atoms with Gasteiger partial charge in [-0.3, -0.25) is 9.69 Å². The normalized spacial score (nSPS) is 22.1. The minimum atomic E-state index is -0.530. The van der Waals surface area contributed by atoms with Gasteiger partial charge in [-0.25, -0.2) is 4.79 Å². The molecule has 6 heteroatoms. The zero-order chi connectivity index (χ0) is 22.1. The van der Waals surface area contributed by atoms with E-state index in [9.17, 15) is 9.59 Å². The molecule has 3 rings (SSSR count). The zero-order valence-electron chi connectivity index (χ0n) is 19.0. The van der Waals surface area contributed by atoms with Crippen LogP contribution in [0.25, 0.3) is 5.57 Å². The number of aryl methyl sites for hydroxylation is 1. The monoisotopic (exact) mass is 414 g/mol. The molecule has 2 bridgehead atoms. The standard InChI is InChI=1S/C24H34N2O4/c1-7-22(27)29-15-20-19(17-10-8-16(2)9-11-17)12-18-13-26(14-21(20)25(18)6)23(28)30-24(3,4)5/h8-11,18,21H,7,12-15H2,1-6H3. The van der Waals surface area contributed by atoms with Crippen molar-refractivity contribution >= 4 is 17.6 Å². The van der Waals surface area contributed by atoms with Gasteiger partial charge in [0, 0.05) is 25.6 Å². The quantitative estimate of drug-likeness (QED) is 0.697. The van der Waals surface area contributed by atoms with E-state index in [0.29, 0.717) is 19.5 Å². The van der Waals surface area contributed by atoms with Gasteiger partial charge in [0.2, 0.25) is 0 Å². The number of rotatable bonds is 4. The number of ether oxygens (including phenoxy) is 2. The van der Waals surface area contributed by atoms with Crippen LogP contribution in [0.4, 0.5) is 4.79 Å². The highest BCUT2D eigenvalue weighted by Crippen LogP contribution is 2.38. The molecular formula is C24H34N2O4. The topological polar surface area (TPSA) is 59.1 Å². The Labute approximate surface area is 179 Å². The van der Waals surface area contributed by atoms with Crippen LogP contribution in [0, 0.1) is 6.92 Å². The first-order valence-electron chi connectivity index (χ1n) is 10.7. The molecule has 0 aliphatic carbocycles. The van der Waals surface area contributed by atoms with Gasteiger partial charge in [-0.2, -0.15) is 0 Å². The molecule has 1 aromatic carbocycles. The third kappa shape index (κ3) is 5.04. The number of carbonyl (C=O) groups excluding carboxylic acids is 2. The summed E-state index contributed by atoms with van der Waals surface area (Å²) in [5, 5.41) is 0. The first-order chi connectivity index (χ1) is 14.1. The van der Waals surface area contributed by atoms with Crippen LogP contribution in [0.2, 0.25) is 0 Å². The smallest absolute Gasteiger partial charge is 0.410 e. The molecule has 1 fully saturated rings. The van der Waals surface area contributed by atoms with Crippen LogP contribution < -0.4 is 0 Å². The van der Waals surface area contributed by atoms with Crippen molar-refractivity contribution in [3.8, 4) is 0 Å². The van der Waals surface area contributed by atoms with Crippen LogP contribution in [0.1, 0.15) is 51.7 Å². The van der Waals surface area contributed by atoms with Gasteiger partial charge in [0.1, 0.15) is 12.2 Å². The number of nitrogens with zero attached hydrogens (tertiary/aromatic N) is 2. The Hall–Kier alpha value is -2.34. The van der Waals surface area contributed by atoms with E-state index < -0.39 is 5.60 Å². The molecule has 1 saturated heterocycles.